The number of nitrogens with one attached hydrogen (secondary N) is 2. The molecule has 28 heavy (non-hydrogen) atoms. The van der Waals surface area contributed by atoms with Crippen molar-refractivity contribution in [3.05, 3.63) is 82.3 Å². The van der Waals surface area contributed by atoms with E-state index in [0.29, 0.717) is 17.4 Å². The van der Waals surface area contributed by atoms with E-state index in [-0.39, 0.29) is 17.5 Å². The lowest BCUT2D eigenvalue weighted by atomic mass is 9.80. The van der Waals surface area contributed by atoms with Gasteiger partial charge in [-0.3, -0.25) is 9.59 Å². The molecule has 1 fully saturated rings. The van der Waals surface area contributed by atoms with Gasteiger partial charge in [0.05, 0.1) is 12.0 Å². The van der Waals surface area contributed by atoms with Crippen molar-refractivity contribution in [1.82, 2.24) is 10.3 Å². The molecule has 144 valence electrons. The summed E-state index contributed by atoms with van der Waals surface area (Å²) in [6.45, 7) is 0. The van der Waals surface area contributed by atoms with Gasteiger partial charge in [0.15, 0.2) is 0 Å². The maximum atomic E-state index is 12.8. The zero-order chi connectivity index (χ0) is 19.3. The van der Waals surface area contributed by atoms with E-state index in [1.807, 2.05) is 18.2 Å². The fourth-order valence-corrected chi connectivity index (χ4v) is 4.03. The molecule has 2 N–H and O–H groups in total. The van der Waals surface area contributed by atoms with Crippen LogP contribution in [0.5, 0.6) is 0 Å². The number of carbonyl (C=O) groups excluding carboxylic acids is 1. The van der Waals surface area contributed by atoms with Crippen LogP contribution in [0.2, 0.25) is 0 Å². The first kappa shape index (κ1) is 18.3. The van der Waals surface area contributed by atoms with Gasteiger partial charge in [-0.2, -0.15) is 0 Å². The Balaban J connectivity index is 1.48. The lowest BCUT2D eigenvalue weighted by Crippen LogP contribution is -2.44. The van der Waals surface area contributed by atoms with Crippen molar-refractivity contribution in [1.29, 1.82) is 0 Å². The SMILES string of the molecule is O=C(NC1CCCCC1Cc1ccccc1)c1ccc(-c2ccco2)[nH]c1=O. The Labute approximate surface area is 163 Å². The average molecular weight is 376 g/mol. The number of carbonyl (C=O) groups is 1. The molecule has 1 aromatic carbocycles. The summed E-state index contributed by atoms with van der Waals surface area (Å²) in [5.74, 6) is 0.651. The Morgan fingerprint density at radius 1 is 1.04 bits per heavy atom. The first-order valence-corrected chi connectivity index (χ1v) is 9.83. The van der Waals surface area contributed by atoms with E-state index in [1.54, 1.807) is 30.5 Å². The van der Waals surface area contributed by atoms with Gasteiger partial charge in [0, 0.05) is 6.04 Å². The molecule has 2 aromatic heterocycles. The maximum absolute atomic E-state index is 12.8. The summed E-state index contributed by atoms with van der Waals surface area (Å²) in [7, 11) is 0. The van der Waals surface area contributed by atoms with Crippen molar-refractivity contribution >= 4 is 5.91 Å². The molecule has 2 heterocycles. The van der Waals surface area contributed by atoms with Gasteiger partial charge in [0.2, 0.25) is 0 Å². The van der Waals surface area contributed by atoms with Gasteiger partial charge in [-0.1, -0.05) is 43.2 Å². The summed E-state index contributed by atoms with van der Waals surface area (Å²) < 4.78 is 5.30. The zero-order valence-electron chi connectivity index (χ0n) is 15.7. The Kier molecular flexibility index (Phi) is 5.42. The number of pyridine rings is 1. The van der Waals surface area contributed by atoms with Crippen LogP contribution < -0.4 is 10.9 Å². The minimum Gasteiger partial charge on any atom is -0.463 e. The molecule has 5 heteroatoms. The van der Waals surface area contributed by atoms with Gasteiger partial charge >= 0.3 is 0 Å². The molecule has 5 nitrogen and oxygen atoms in total. The number of hydrogen-bond donors (Lipinski definition) is 2. The highest BCUT2D eigenvalue weighted by molar-refractivity contribution is 5.94. The number of amides is 1. The van der Waals surface area contributed by atoms with Gasteiger partial charge < -0.3 is 14.7 Å². The molecule has 2 atom stereocenters. The van der Waals surface area contributed by atoms with E-state index in [2.05, 4.69) is 22.4 Å². The summed E-state index contributed by atoms with van der Waals surface area (Å²) in [5.41, 5.74) is 1.58. The van der Waals surface area contributed by atoms with Crippen molar-refractivity contribution < 1.29 is 9.21 Å². The molecule has 0 radical (unpaired) electrons. The third kappa shape index (κ3) is 4.09. The van der Waals surface area contributed by atoms with E-state index >= 15 is 0 Å². The molecule has 2 unspecified atom stereocenters. The Morgan fingerprint density at radius 3 is 2.61 bits per heavy atom. The molecule has 3 aromatic rings. The second-order valence-electron chi connectivity index (χ2n) is 7.41. The third-order valence-electron chi connectivity index (χ3n) is 5.51. The van der Waals surface area contributed by atoms with E-state index in [1.165, 1.54) is 12.0 Å². The molecule has 1 amide bonds. The predicted molar refractivity (Wildman–Crippen MR) is 108 cm³/mol. The second kappa shape index (κ2) is 8.30. The van der Waals surface area contributed by atoms with Crippen LogP contribution in [0.1, 0.15) is 41.6 Å². The largest absolute Gasteiger partial charge is 0.463 e. The quantitative estimate of drug-likeness (QED) is 0.702. The van der Waals surface area contributed by atoms with Crippen molar-refractivity contribution in [3.63, 3.8) is 0 Å². The van der Waals surface area contributed by atoms with Crippen molar-refractivity contribution in [3.8, 4) is 11.5 Å². The highest BCUT2D eigenvalue weighted by atomic mass is 16.3. The summed E-state index contributed by atoms with van der Waals surface area (Å²) in [6, 6.07) is 17.3. The monoisotopic (exact) mass is 376 g/mol. The summed E-state index contributed by atoms with van der Waals surface area (Å²) in [6.07, 6.45) is 6.81. The van der Waals surface area contributed by atoms with Crippen molar-refractivity contribution in [2.24, 2.45) is 5.92 Å². The minimum absolute atomic E-state index is 0.0885. The van der Waals surface area contributed by atoms with E-state index in [0.717, 1.165) is 25.7 Å². The first-order valence-electron chi connectivity index (χ1n) is 9.83. The van der Waals surface area contributed by atoms with Gasteiger partial charge in [0.1, 0.15) is 11.3 Å². The summed E-state index contributed by atoms with van der Waals surface area (Å²) in [5, 5.41) is 3.12. The molecule has 1 aliphatic carbocycles. The number of aromatic amines is 1. The number of rotatable bonds is 5. The molecule has 1 saturated carbocycles. The molecule has 1 aliphatic rings. The van der Waals surface area contributed by atoms with Crippen LogP contribution in [0.3, 0.4) is 0 Å². The van der Waals surface area contributed by atoms with E-state index in [4.69, 9.17) is 4.42 Å². The maximum Gasteiger partial charge on any atom is 0.261 e. The fourth-order valence-electron chi connectivity index (χ4n) is 4.03. The van der Waals surface area contributed by atoms with Gasteiger partial charge in [0.25, 0.3) is 11.5 Å². The van der Waals surface area contributed by atoms with Gasteiger partial charge in [-0.05, 0) is 55.0 Å². The Bertz CT molecular complexity index is 977. The predicted octanol–water partition coefficient (Wildman–Crippen LogP) is 4.17. The normalized spacial score (nSPS) is 19.3. The molecule has 0 bridgehead atoms. The highest BCUT2D eigenvalue weighted by Gasteiger charge is 2.27. The van der Waals surface area contributed by atoms with Gasteiger partial charge in [-0.15, -0.1) is 0 Å². The van der Waals surface area contributed by atoms with Crippen molar-refractivity contribution in [2.45, 2.75) is 38.1 Å². The smallest absolute Gasteiger partial charge is 0.261 e. The Hall–Kier alpha value is -3.08. The summed E-state index contributed by atoms with van der Waals surface area (Å²) >= 11 is 0. The number of aromatic nitrogens is 1. The van der Waals surface area contributed by atoms with E-state index < -0.39 is 5.56 Å². The third-order valence-corrected chi connectivity index (χ3v) is 5.51. The minimum atomic E-state index is -0.401. The van der Waals surface area contributed by atoms with E-state index in [9.17, 15) is 9.59 Å². The highest BCUT2D eigenvalue weighted by Crippen LogP contribution is 2.28. The van der Waals surface area contributed by atoms with Crippen LogP contribution in [-0.4, -0.2) is 16.9 Å². The van der Waals surface area contributed by atoms with Crippen LogP contribution in [-0.2, 0) is 6.42 Å². The molecule has 0 spiro atoms. The molecule has 4 rings (SSSR count). The molecular formula is C23H24N2O3. The lowest BCUT2D eigenvalue weighted by Gasteiger charge is -2.32. The fraction of sp³-hybridized carbons (Fsp3) is 0.304. The number of hydrogen-bond acceptors (Lipinski definition) is 3. The molecule has 0 aliphatic heterocycles. The van der Waals surface area contributed by atoms with Crippen LogP contribution in [0.4, 0.5) is 0 Å². The number of H-pyrrole nitrogens is 1. The van der Waals surface area contributed by atoms with Crippen LogP contribution in [0.25, 0.3) is 11.5 Å². The van der Waals surface area contributed by atoms with Gasteiger partial charge in [-0.25, -0.2) is 0 Å². The topological polar surface area (TPSA) is 75.1 Å². The summed E-state index contributed by atoms with van der Waals surface area (Å²) in [4.78, 5) is 27.9. The standard InChI is InChI=1S/C23H24N2O3/c26-22(18-12-13-20(25-23(18)27)21-11-6-14-28-21)24-19-10-5-4-9-17(19)15-16-7-2-1-3-8-16/h1-3,6-8,11-14,17,19H,4-5,9-10,15H2,(H,24,26)(H,25,27). The van der Waals surface area contributed by atoms with Crippen LogP contribution >= 0.6 is 0 Å². The lowest BCUT2D eigenvalue weighted by molar-refractivity contribution is 0.0904. The van der Waals surface area contributed by atoms with Crippen LogP contribution in [0, 0.1) is 5.92 Å². The average Bonchev–Trinajstić information content (AvgIpc) is 3.25. The number of furan rings is 1. The molecular weight excluding hydrogens is 352 g/mol. The second-order valence-corrected chi connectivity index (χ2v) is 7.41. The van der Waals surface area contributed by atoms with Crippen molar-refractivity contribution in [2.75, 3.05) is 0 Å². The van der Waals surface area contributed by atoms with Crippen LogP contribution in [0.15, 0.2) is 70.1 Å². The zero-order valence-corrected chi connectivity index (χ0v) is 15.7. The first-order chi connectivity index (χ1) is 13.7. The number of benzene rings is 1. The Morgan fingerprint density at radius 2 is 1.86 bits per heavy atom. The molecule has 0 saturated heterocycles.